The molecule has 5 nitrogen and oxygen atoms in total. The number of rotatable bonds is 4. The molecular formula is C14H15F2N3O2. The second-order valence-corrected chi connectivity index (χ2v) is 4.79. The average Bonchev–Trinajstić information content (AvgIpc) is 2.51. The Morgan fingerprint density at radius 3 is 2.67 bits per heavy atom. The van der Waals surface area contributed by atoms with Crippen molar-refractivity contribution in [3.05, 3.63) is 24.4 Å². The highest BCUT2D eigenvalue weighted by molar-refractivity contribution is 5.94. The monoisotopic (exact) mass is 295 g/mol. The number of hydrogen-bond donors (Lipinski definition) is 2. The Kier molecular flexibility index (Phi) is 3.50. The van der Waals surface area contributed by atoms with Crippen LogP contribution in [0.3, 0.4) is 0 Å². The van der Waals surface area contributed by atoms with Crippen LogP contribution in [0, 0.1) is 0 Å². The molecule has 0 atom stereocenters. The van der Waals surface area contributed by atoms with E-state index in [1.165, 1.54) is 0 Å². The SMILES string of the molecule is NCC(F)(F)CNc1nccc2cc3c(cc12)OCCO3. The molecule has 0 saturated heterocycles. The predicted molar refractivity (Wildman–Crippen MR) is 75.2 cm³/mol. The Morgan fingerprint density at radius 2 is 1.95 bits per heavy atom. The minimum Gasteiger partial charge on any atom is -0.486 e. The van der Waals surface area contributed by atoms with Crippen LogP contribution in [-0.2, 0) is 0 Å². The van der Waals surface area contributed by atoms with Gasteiger partial charge >= 0.3 is 0 Å². The van der Waals surface area contributed by atoms with Crippen LogP contribution in [0.4, 0.5) is 14.6 Å². The van der Waals surface area contributed by atoms with Crippen LogP contribution in [0.2, 0.25) is 0 Å². The van der Waals surface area contributed by atoms with Crippen LogP contribution in [-0.4, -0.2) is 37.2 Å². The first-order chi connectivity index (χ1) is 10.1. The number of halogens is 2. The number of anilines is 1. The fourth-order valence-corrected chi connectivity index (χ4v) is 2.14. The van der Waals surface area contributed by atoms with Gasteiger partial charge in [0.1, 0.15) is 19.0 Å². The quantitative estimate of drug-likeness (QED) is 0.903. The summed E-state index contributed by atoms with van der Waals surface area (Å²) in [7, 11) is 0. The van der Waals surface area contributed by atoms with Gasteiger partial charge in [0, 0.05) is 11.6 Å². The van der Waals surface area contributed by atoms with Crippen molar-refractivity contribution < 1.29 is 18.3 Å². The molecule has 1 aliphatic rings. The molecule has 21 heavy (non-hydrogen) atoms. The summed E-state index contributed by atoms with van der Waals surface area (Å²) in [5.74, 6) is -1.36. The number of benzene rings is 1. The van der Waals surface area contributed by atoms with E-state index in [2.05, 4.69) is 10.3 Å². The number of nitrogens with one attached hydrogen (secondary N) is 1. The lowest BCUT2D eigenvalue weighted by atomic mass is 10.1. The topological polar surface area (TPSA) is 69.4 Å². The molecule has 3 N–H and O–H groups in total. The highest BCUT2D eigenvalue weighted by Crippen LogP contribution is 2.36. The van der Waals surface area contributed by atoms with E-state index in [1.807, 2.05) is 6.07 Å². The minimum absolute atomic E-state index is 0.373. The number of hydrogen-bond acceptors (Lipinski definition) is 5. The molecule has 0 amide bonds. The molecular weight excluding hydrogens is 280 g/mol. The van der Waals surface area contributed by atoms with Crippen molar-refractivity contribution in [3.63, 3.8) is 0 Å². The van der Waals surface area contributed by atoms with Crippen molar-refractivity contribution in [2.75, 3.05) is 31.6 Å². The predicted octanol–water partition coefficient (Wildman–Crippen LogP) is 2.01. The van der Waals surface area contributed by atoms with Gasteiger partial charge in [-0.25, -0.2) is 13.8 Å². The number of nitrogens with two attached hydrogens (primary N) is 1. The number of pyridine rings is 1. The van der Waals surface area contributed by atoms with E-state index < -0.39 is 19.0 Å². The van der Waals surface area contributed by atoms with Crippen LogP contribution >= 0.6 is 0 Å². The third kappa shape index (κ3) is 2.82. The lowest BCUT2D eigenvalue weighted by Crippen LogP contribution is -2.35. The lowest BCUT2D eigenvalue weighted by Gasteiger charge is -2.20. The fraction of sp³-hybridized carbons (Fsp3) is 0.357. The van der Waals surface area contributed by atoms with E-state index >= 15 is 0 Å². The van der Waals surface area contributed by atoms with Crippen LogP contribution in [0.15, 0.2) is 24.4 Å². The molecule has 1 aliphatic heterocycles. The molecule has 112 valence electrons. The number of ether oxygens (including phenoxy) is 2. The van der Waals surface area contributed by atoms with E-state index in [1.54, 1.807) is 18.3 Å². The third-order valence-electron chi connectivity index (χ3n) is 3.24. The number of nitrogens with zero attached hydrogens (tertiary/aromatic N) is 1. The van der Waals surface area contributed by atoms with Crippen LogP contribution in [0.5, 0.6) is 11.5 Å². The van der Waals surface area contributed by atoms with E-state index in [-0.39, 0.29) is 0 Å². The molecule has 3 rings (SSSR count). The molecule has 0 spiro atoms. The molecule has 1 aromatic heterocycles. The molecule has 7 heteroatoms. The van der Waals surface area contributed by atoms with Gasteiger partial charge in [-0.1, -0.05) is 0 Å². The molecule has 0 radical (unpaired) electrons. The molecule has 2 heterocycles. The van der Waals surface area contributed by atoms with E-state index in [4.69, 9.17) is 15.2 Å². The van der Waals surface area contributed by atoms with Gasteiger partial charge in [0.25, 0.3) is 5.92 Å². The van der Waals surface area contributed by atoms with E-state index in [9.17, 15) is 8.78 Å². The van der Waals surface area contributed by atoms with Crippen molar-refractivity contribution in [1.29, 1.82) is 0 Å². The van der Waals surface area contributed by atoms with Crippen molar-refractivity contribution in [3.8, 4) is 11.5 Å². The largest absolute Gasteiger partial charge is 0.486 e. The standard InChI is InChI=1S/C14H15F2N3O2/c15-14(16,7-17)8-19-13-10-6-12-11(20-3-4-21-12)5-9(10)1-2-18-13/h1-2,5-6H,3-4,7-8,17H2,(H,18,19). The first kappa shape index (κ1) is 13.8. The summed E-state index contributed by atoms with van der Waals surface area (Å²) < 4.78 is 37.5. The van der Waals surface area contributed by atoms with Gasteiger partial charge in [0.2, 0.25) is 0 Å². The molecule has 0 bridgehead atoms. The normalized spacial score (nSPS) is 14.2. The van der Waals surface area contributed by atoms with Gasteiger partial charge in [-0.05, 0) is 23.6 Å². The highest BCUT2D eigenvalue weighted by Gasteiger charge is 2.26. The third-order valence-corrected chi connectivity index (χ3v) is 3.24. The minimum atomic E-state index is -2.97. The number of alkyl halides is 2. The molecule has 1 aromatic carbocycles. The van der Waals surface area contributed by atoms with Gasteiger partial charge in [0.15, 0.2) is 11.5 Å². The molecule has 0 aliphatic carbocycles. The van der Waals surface area contributed by atoms with Crippen LogP contribution < -0.4 is 20.5 Å². The van der Waals surface area contributed by atoms with Crippen LogP contribution in [0.1, 0.15) is 0 Å². The summed E-state index contributed by atoms with van der Waals surface area (Å²) in [6, 6.07) is 5.36. The Labute approximate surface area is 120 Å². The summed E-state index contributed by atoms with van der Waals surface area (Å²) in [6.07, 6.45) is 1.56. The lowest BCUT2D eigenvalue weighted by molar-refractivity contribution is 0.0253. The van der Waals surface area contributed by atoms with E-state index in [0.29, 0.717) is 35.9 Å². The van der Waals surface area contributed by atoms with Gasteiger partial charge in [0.05, 0.1) is 13.1 Å². The molecule has 2 aromatic rings. The highest BCUT2D eigenvalue weighted by atomic mass is 19.3. The summed E-state index contributed by atoms with van der Waals surface area (Å²) in [6.45, 7) is -0.314. The zero-order chi connectivity index (χ0) is 14.9. The first-order valence-corrected chi connectivity index (χ1v) is 6.59. The maximum Gasteiger partial charge on any atom is 0.276 e. The number of fused-ring (bicyclic) bond motifs is 2. The molecule has 0 saturated carbocycles. The van der Waals surface area contributed by atoms with Crippen molar-refractivity contribution >= 4 is 16.6 Å². The Bertz CT molecular complexity index is 664. The summed E-state index contributed by atoms with van der Waals surface area (Å²) in [4.78, 5) is 4.11. The summed E-state index contributed by atoms with van der Waals surface area (Å²) in [5, 5.41) is 4.19. The van der Waals surface area contributed by atoms with Crippen molar-refractivity contribution in [1.82, 2.24) is 4.98 Å². The van der Waals surface area contributed by atoms with Gasteiger partial charge < -0.3 is 20.5 Å². The zero-order valence-electron chi connectivity index (χ0n) is 11.2. The second kappa shape index (κ2) is 5.33. The average molecular weight is 295 g/mol. The summed E-state index contributed by atoms with van der Waals surface area (Å²) >= 11 is 0. The van der Waals surface area contributed by atoms with Crippen molar-refractivity contribution in [2.24, 2.45) is 5.73 Å². The maximum atomic E-state index is 13.3. The molecule has 0 fully saturated rings. The van der Waals surface area contributed by atoms with Crippen LogP contribution in [0.25, 0.3) is 10.8 Å². The Hall–Kier alpha value is -2.15. The smallest absolute Gasteiger partial charge is 0.276 e. The second-order valence-electron chi connectivity index (χ2n) is 4.79. The van der Waals surface area contributed by atoms with Gasteiger partial charge in [-0.15, -0.1) is 0 Å². The number of aromatic nitrogens is 1. The fourth-order valence-electron chi connectivity index (χ4n) is 2.14. The summed E-state index contributed by atoms with van der Waals surface area (Å²) in [5.41, 5.74) is 5.03. The Morgan fingerprint density at radius 1 is 1.24 bits per heavy atom. The van der Waals surface area contributed by atoms with Gasteiger partial charge in [-0.2, -0.15) is 0 Å². The van der Waals surface area contributed by atoms with Crippen molar-refractivity contribution in [2.45, 2.75) is 5.92 Å². The molecule has 0 unspecified atom stereocenters. The Balaban J connectivity index is 1.95. The van der Waals surface area contributed by atoms with E-state index in [0.717, 1.165) is 5.39 Å². The first-order valence-electron chi connectivity index (χ1n) is 6.59. The maximum absolute atomic E-state index is 13.3. The van der Waals surface area contributed by atoms with Gasteiger partial charge in [-0.3, -0.25) is 0 Å². The zero-order valence-corrected chi connectivity index (χ0v) is 11.2.